The van der Waals surface area contributed by atoms with Crippen LogP contribution < -0.4 is 0 Å². The fraction of sp³-hybridized carbons (Fsp3) is 0.400. The summed E-state index contributed by atoms with van der Waals surface area (Å²) in [5.74, 6) is -0.428. The van der Waals surface area contributed by atoms with Crippen molar-refractivity contribution >= 4 is 34.9 Å². The van der Waals surface area contributed by atoms with E-state index in [-0.39, 0.29) is 11.3 Å². The Morgan fingerprint density at radius 1 is 1.39 bits per heavy atom. The third kappa shape index (κ3) is 2.17. The van der Waals surface area contributed by atoms with Crippen molar-refractivity contribution in [1.29, 1.82) is 5.26 Å². The number of thiocarbonyl (C=S) groups is 1. The summed E-state index contributed by atoms with van der Waals surface area (Å²) in [6, 6.07) is 8.94. The van der Waals surface area contributed by atoms with Crippen molar-refractivity contribution in [1.82, 2.24) is 10.1 Å². The standard InChI is InChI=1S/C20H19N3O3S2/c1-10-16(27)23-17(10)28-19(3,4)20(23,18(24)25)14-11(2)22-26-15(14)13-7-5-12(9-21)6-8-13/h5-8,10,17H,1-4H3,(H,24,25)/t10-,17-,20+/m1/s1. The van der Waals surface area contributed by atoms with Gasteiger partial charge >= 0.3 is 5.97 Å². The number of carbonyl (C=O) groups is 1. The van der Waals surface area contributed by atoms with E-state index < -0.39 is 16.3 Å². The van der Waals surface area contributed by atoms with Crippen LogP contribution in [0, 0.1) is 24.2 Å². The minimum absolute atomic E-state index is 0.00159. The third-order valence-electron chi connectivity index (χ3n) is 5.77. The Kier molecular flexibility index (Phi) is 4.11. The SMILES string of the molecule is Cc1noc(-c2ccc(C#N)cc2)c1[C@@]1(C(=O)O)N2C(=S)[C@@H](C)[C@H]2SC1(C)C. The molecule has 1 aromatic heterocycles. The quantitative estimate of drug-likeness (QED) is 0.757. The molecule has 2 aliphatic heterocycles. The molecule has 0 bridgehead atoms. The molecule has 3 atom stereocenters. The molecule has 4 rings (SSSR count). The number of carboxylic acids is 1. The second kappa shape index (κ2) is 6.06. The fourth-order valence-electron chi connectivity index (χ4n) is 4.37. The Hall–Kier alpha value is -2.37. The zero-order chi connectivity index (χ0) is 20.4. The van der Waals surface area contributed by atoms with Crippen molar-refractivity contribution in [3.63, 3.8) is 0 Å². The number of nitriles is 1. The van der Waals surface area contributed by atoms with Crippen LogP contribution in [0.25, 0.3) is 11.3 Å². The number of aryl methyl sites for hydroxylation is 1. The van der Waals surface area contributed by atoms with E-state index >= 15 is 0 Å². The number of thioether (sulfide) groups is 1. The number of fused-ring (bicyclic) bond motifs is 1. The third-order valence-corrected chi connectivity index (χ3v) is 8.08. The number of carboxylic acid groups (broad SMARTS) is 1. The van der Waals surface area contributed by atoms with E-state index in [1.54, 1.807) is 43.0 Å². The molecule has 2 aromatic rings. The van der Waals surface area contributed by atoms with Crippen LogP contribution in [-0.2, 0) is 10.3 Å². The van der Waals surface area contributed by atoms with Gasteiger partial charge in [-0.05, 0) is 45.0 Å². The van der Waals surface area contributed by atoms with Crippen molar-refractivity contribution < 1.29 is 14.4 Å². The predicted molar refractivity (Wildman–Crippen MR) is 110 cm³/mol. The maximum Gasteiger partial charge on any atom is 0.336 e. The van der Waals surface area contributed by atoms with Crippen LogP contribution in [0.3, 0.4) is 0 Å². The summed E-state index contributed by atoms with van der Waals surface area (Å²) in [6.07, 6.45) is 0. The van der Waals surface area contributed by atoms with Crippen LogP contribution >= 0.6 is 24.0 Å². The first-order valence-electron chi connectivity index (χ1n) is 8.88. The maximum atomic E-state index is 12.9. The van der Waals surface area contributed by atoms with Crippen LogP contribution in [0.4, 0.5) is 0 Å². The molecule has 28 heavy (non-hydrogen) atoms. The number of benzene rings is 1. The minimum Gasteiger partial charge on any atom is -0.479 e. The number of rotatable bonds is 3. The molecule has 2 saturated heterocycles. The van der Waals surface area contributed by atoms with Gasteiger partial charge in [0.05, 0.1) is 38.0 Å². The second-order valence-electron chi connectivity index (χ2n) is 7.69. The summed E-state index contributed by atoms with van der Waals surface area (Å²) in [5, 5.41) is 23.7. The zero-order valence-corrected chi connectivity index (χ0v) is 17.5. The predicted octanol–water partition coefficient (Wildman–Crippen LogP) is 3.93. The smallest absolute Gasteiger partial charge is 0.336 e. The lowest BCUT2D eigenvalue weighted by Gasteiger charge is -2.51. The van der Waals surface area contributed by atoms with Gasteiger partial charge in [-0.1, -0.05) is 24.3 Å². The van der Waals surface area contributed by atoms with Gasteiger partial charge in [0.1, 0.15) is 0 Å². The van der Waals surface area contributed by atoms with E-state index in [1.165, 1.54) is 0 Å². The summed E-state index contributed by atoms with van der Waals surface area (Å²) in [5.41, 5.74) is 0.861. The van der Waals surface area contributed by atoms with Crippen molar-refractivity contribution in [3.05, 3.63) is 41.1 Å². The molecule has 1 N–H and O–H groups in total. The summed E-state index contributed by atoms with van der Waals surface area (Å²) in [6.45, 7) is 7.67. The number of aliphatic carboxylic acids is 1. The van der Waals surface area contributed by atoms with Gasteiger partial charge in [0.25, 0.3) is 0 Å². The second-order valence-corrected chi connectivity index (χ2v) is 9.85. The van der Waals surface area contributed by atoms with Crippen LogP contribution in [-0.4, -0.2) is 36.2 Å². The molecule has 0 spiro atoms. The first-order valence-corrected chi connectivity index (χ1v) is 10.2. The van der Waals surface area contributed by atoms with E-state index in [0.29, 0.717) is 33.1 Å². The largest absolute Gasteiger partial charge is 0.479 e. The highest BCUT2D eigenvalue weighted by Gasteiger charge is 2.72. The molecule has 3 heterocycles. The number of nitrogens with zero attached hydrogens (tertiary/aromatic N) is 3. The minimum atomic E-state index is -1.39. The molecule has 0 amide bonds. The highest BCUT2D eigenvalue weighted by atomic mass is 32.2. The van der Waals surface area contributed by atoms with Gasteiger partial charge in [0, 0.05) is 11.5 Å². The van der Waals surface area contributed by atoms with Gasteiger partial charge in [-0.3, -0.25) is 0 Å². The molecule has 0 saturated carbocycles. The molecule has 2 aliphatic rings. The van der Waals surface area contributed by atoms with Crippen LogP contribution in [0.5, 0.6) is 0 Å². The number of hydrogen-bond donors (Lipinski definition) is 1. The molecular formula is C20H19N3O3S2. The Morgan fingerprint density at radius 2 is 2.04 bits per heavy atom. The van der Waals surface area contributed by atoms with E-state index in [9.17, 15) is 9.90 Å². The van der Waals surface area contributed by atoms with E-state index in [1.807, 2.05) is 25.7 Å². The Morgan fingerprint density at radius 3 is 2.61 bits per heavy atom. The Labute approximate surface area is 172 Å². The van der Waals surface area contributed by atoms with E-state index in [0.717, 1.165) is 0 Å². The molecule has 0 unspecified atom stereocenters. The molecule has 6 nitrogen and oxygen atoms in total. The normalized spacial score (nSPS) is 27.8. The molecule has 2 fully saturated rings. The Bertz CT molecular complexity index is 1040. The Balaban J connectivity index is 1.98. The first kappa shape index (κ1) is 19.0. The summed E-state index contributed by atoms with van der Waals surface area (Å²) in [7, 11) is 0. The molecule has 0 radical (unpaired) electrons. The highest BCUT2D eigenvalue weighted by Crippen LogP contribution is 2.64. The van der Waals surface area contributed by atoms with Gasteiger partial charge in [0.2, 0.25) is 0 Å². The van der Waals surface area contributed by atoms with Crippen LogP contribution in [0.15, 0.2) is 28.8 Å². The van der Waals surface area contributed by atoms with Gasteiger partial charge in [-0.15, -0.1) is 11.8 Å². The average molecular weight is 414 g/mol. The van der Waals surface area contributed by atoms with Crippen LogP contribution in [0.1, 0.15) is 37.6 Å². The maximum absolute atomic E-state index is 12.9. The van der Waals surface area contributed by atoms with Gasteiger partial charge in [-0.2, -0.15) is 5.26 Å². The zero-order valence-electron chi connectivity index (χ0n) is 15.9. The number of aromatic nitrogens is 1. The van der Waals surface area contributed by atoms with Gasteiger partial charge in [0.15, 0.2) is 11.3 Å². The van der Waals surface area contributed by atoms with Crippen molar-refractivity contribution in [2.24, 2.45) is 5.92 Å². The summed E-state index contributed by atoms with van der Waals surface area (Å²) in [4.78, 5) is 15.4. The molecule has 8 heteroatoms. The van der Waals surface area contributed by atoms with Crippen LogP contribution in [0.2, 0.25) is 0 Å². The first-order chi connectivity index (χ1) is 13.2. The molecule has 0 aliphatic carbocycles. The summed E-state index contributed by atoms with van der Waals surface area (Å²) < 4.78 is 4.96. The topological polar surface area (TPSA) is 90.4 Å². The highest BCUT2D eigenvalue weighted by molar-refractivity contribution is 8.01. The monoisotopic (exact) mass is 413 g/mol. The van der Waals surface area contributed by atoms with E-state index in [2.05, 4.69) is 11.2 Å². The molecular weight excluding hydrogens is 394 g/mol. The lowest BCUT2D eigenvalue weighted by Crippen LogP contribution is -2.67. The van der Waals surface area contributed by atoms with Crippen molar-refractivity contribution in [3.8, 4) is 17.4 Å². The van der Waals surface area contributed by atoms with Crippen molar-refractivity contribution in [2.75, 3.05) is 0 Å². The molecule has 1 aromatic carbocycles. The lowest BCUT2D eigenvalue weighted by molar-refractivity contribution is -0.152. The van der Waals surface area contributed by atoms with E-state index in [4.69, 9.17) is 22.0 Å². The van der Waals surface area contributed by atoms with Crippen molar-refractivity contribution in [2.45, 2.75) is 43.4 Å². The molecule has 144 valence electrons. The average Bonchev–Trinajstić information content (AvgIpc) is 3.15. The lowest BCUT2D eigenvalue weighted by atomic mass is 9.73. The summed E-state index contributed by atoms with van der Waals surface area (Å²) >= 11 is 7.21. The van der Waals surface area contributed by atoms with Gasteiger partial charge < -0.3 is 14.5 Å². The number of hydrogen-bond acceptors (Lipinski definition) is 6. The van der Waals surface area contributed by atoms with Gasteiger partial charge in [-0.25, -0.2) is 4.79 Å². The fourth-order valence-corrected chi connectivity index (χ4v) is 6.68.